The number of fused-ring (bicyclic) bond motifs is 1. The Hall–Kier alpha value is -1.65. The number of likely N-dealkylation sites (N-methyl/N-ethyl adjacent to an activating group) is 1. The third-order valence-corrected chi connectivity index (χ3v) is 4.31. The van der Waals surface area contributed by atoms with Gasteiger partial charge >= 0.3 is 0 Å². The van der Waals surface area contributed by atoms with Gasteiger partial charge in [0.25, 0.3) is 0 Å². The predicted octanol–water partition coefficient (Wildman–Crippen LogP) is 3.70. The molecule has 0 aliphatic rings. The highest BCUT2D eigenvalue weighted by molar-refractivity contribution is 7.18. The van der Waals surface area contributed by atoms with Crippen LogP contribution in [0.15, 0.2) is 40.8 Å². The summed E-state index contributed by atoms with van der Waals surface area (Å²) in [4.78, 5) is 4.70. The van der Waals surface area contributed by atoms with Crippen LogP contribution in [0.25, 0.3) is 10.2 Å². The molecule has 0 aliphatic carbocycles. The molecule has 1 unspecified atom stereocenters. The number of hydrogen-bond acceptors (Lipinski definition) is 4. The first-order valence-electron chi connectivity index (χ1n) is 6.34. The van der Waals surface area contributed by atoms with Crippen LogP contribution in [-0.2, 0) is 6.42 Å². The number of nitrogens with zero attached hydrogens (tertiary/aromatic N) is 1. The Labute approximate surface area is 116 Å². The molecule has 0 saturated heterocycles. The Kier molecular flexibility index (Phi) is 3.36. The van der Waals surface area contributed by atoms with Crippen LogP contribution in [0.3, 0.4) is 0 Å². The maximum Gasteiger partial charge on any atom is 0.111 e. The Balaban J connectivity index is 1.88. The zero-order valence-corrected chi connectivity index (χ0v) is 11.8. The molecule has 3 nitrogen and oxygen atoms in total. The van der Waals surface area contributed by atoms with E-state index in [1.54, 1.807) is 11.3 Å². The van der Waals surface area contributed by atoms with Gasteiger partial charge in [0.05, 0.1) is 16.3 Å². The second-order valence-electron chi connectivity index (χ2n) is 4.58. The van der Waals surface area contributed by atoms with Crippen molar-refractivity contribution < 1.29 is 4.42 Å². The van der Waals surface area contributed by atoms with Gasteiger partial charge in [-0.15, -0.1) is 11.3 Å². The largest absolute Gasteiger partial charge is 0.466 e. The van der Waals surface area contributed by atoms with Crippen molar-refractivity contribution in [3.8, 4) is 0 Å². The average molecular weight is 272 g/mol. The maximum absolute atomic E-state index is 5.65. The quantitative estimate of drug-likeness (QED) is 0.787. The lowest BCUT2D eigenvalue weighted by atomic mass is 10.2. The van der Waals surface area contributed by atoms with E-state index in [4.69, 9.17) is 9.40 Å². The van der Waals surface area contributed by atoms with Gasteiger partial charge in [0, 0.05) is 6.42 Å². The molecule has 0 fully saturated rings. The molecule has 3 aromatic rings. The molecule has 0 aliphatic heterocycles. The number of hydrogen-bond donors (Lipinski definition) is 1. The molecule has 2 heterocycles. The van der Waals surface area contributed by atoms with Crippen LogP contribution in [0.5, 0.6) is 0 Å². The van der Waals surface area contributed by atoms with Crippen LogP contribution in [0, 0.1) is 6.92 Å². The molecule has 1 aromatic carbocycles. The van der Waals surface area contributed by atoms with Gasteiger partial charge in [-0.05, 0) is 38.2 Å². The molecule has 19 heavy (non-hydrogen) atoms. The monoisotopic (exact) mass is 272 g/mol. The van der Waals surface area contributed by atoms with Crippen molar-refractivity contribution >= 4 is 21.6 Å². The van der Waals surface area contributed by atoms with Crippen molar-refractivity contribution in [1.82, 2.24) is 10.3 Å². The first-order chi connectivity index (χ1) is 9.26. The Bertz CT molecular complexity index is 653. The second kappa shape index (κ2) is 5.15. The minimum absolute atomic E-state index is 0.197. The van der Waals surface area contributed by atoms with Crippen molar-refractivity contribution in [1.29, 1.82) is 0 Å². The third kappa shape index (κ3) is 2.55. The van der Waals surface area contributed by atoms with Crippen LogP contribution < -0.4 is 5.32 Å². The van der Waals surface area contributed by atoms with Gasteiger partial charge in [-0.2, -0.15) is 0 Å². The third-order valence-electron chi connectivity index (χ3n) is 3.16. The van der Waals surface area contributed by atoms with Crippen LogP contribution >= 0.6 is 11.3 Å². The van der Waals surface area contributed by atoms with E-state index in [0.717, 1.165) is 28.5 Å². The number of furan rings is 1. The van der Waals surface area contributed by atoms with Gasteiger partial charge in [-0.25, -0.2) is 4.98 Å². The summed E-state index contributed by atoms with van der Waals surface area (Å²) in [5.41, 5.74) is 1.07. The van der Waals surface area contributed by atoms with Crippen LogP contribution in [-0.4, -0.2) is 12.0 Å². The summed E-state index contributed by atoms with van der Waals surface area (Å²) < 4.78 is 6.88. The van der Waals surface area contributed by atoms with Crippen LogP contribution in [0.2, 0.25) is 0 Å². The summed E-state index contributed by atoms with van der Waals surface area (Å²) in [5, 5.41) is 4.43. The molecule has 0 amide bonds. The smallest absolute Gasteiger partial charge is 0.111 e. The molecule has 0 spiro atoms. The number of thiazole rings is 1. The lowest BCUT2D eigenvalue weighted by molar-refractivity contribution is 0.448. The van der Waals surface area contributed by atoms with E-state index in [0.29, 0.717) is 0 Å². The van der Waals surface area contributed by atoms with Crippen molar-refractivity contribution in [2.45, 2.75) is 19.4 Å². The van der Waals surface area contributed by atoms with E-state index < -0.39 is 0 Å². The summed E-state index contributed by atoms with van der Waals surface area (Å²) in [6, 6.07) is 12.5. The minimum atomic E-state index is 0.197. The average Bonchev–Trinajstić information content (AvgIpc) is 3.01. The van der Waals surface area contributed by atoms with Crippen LogP contribution in [0.4, 0.5) is 0 Å². The van der Waals surface area contributed by atoms with Crippen molar-refractivity contribution in [3.63, 3.8) is 0 Å². The molecule has 1 atom stereocenters. The summed E-state index contributed by atoms with van der Waals surface area (Å²) in [5.74, 6) is 1.95. The summed E-state index contributed by atoms with van der Waals surface area (Å²) in [6.45, 7) is 1.97. The van der Waals surface area contributed by atoms with E-state index in [-0.39, 0.29) is 6.04 Å². The summed E-state index contributed by atoms with van der Waals surface area (Å²) in [6.07, 6.45) is 0.824. The fourth-order valence-corrected chi connectivity index (χ4v) is 3.23. The van der Waals surface area contributed by atoms with Gasteiger partial charge in [-0.1, -0.05) is 12.1 Å². The van der Waals surface area contributed by atoms with E-state index in [1.807, 2.05) is 32.2 Å². The number of nitrogens with one attached hydrogen (secondary N) is 1. The molecule has 0 bridgehead atoms. The molecular formula is C15H16N2OS. The molecule has 1 N–H and O–H groups in total. The molecule has 98 valence electrons. The molecular weight excluding hydrogens is 256 g/mol. The number of para-hydroxylation sites is 1. The van der Waals surface area contributed by atoms with Gasteiger partial charge < -0.3 is 9.73 Å². The minimum Gasteiger partial charge on any atom is -0.466 e. The Morgan fingerprint density at radius 2 is 2.11 bits per heavy atom. The van der Waals surface area contributed by atoms with Crippen molar-refractivity contribution in [2.24, 2.45) is 0 Å². The molecule has 0 radical (unpaired) electrons. The second-order valence-corrected chi connectivity index (χ2v) is 5.64. The normalized spacial score (nSPS) is 12.9. The highest BCUT2D eigenvalue weighted by Crippen LogP contribution is 2.28. The highest BCUT2D eigenvalue weighted by Gasteiger charge is 2.16. The Morgan fingerprint density at radius 3 is 2.79 bits per heavy atom. The predicted molar refractivity (Wildman–Crippen MR) is 78.6 cm³/mol. The molecule has 4 heteroatoms. The summed E-state index contributed by atoms with van der Waals surface area (Å²) >= 11 is 1.74. The molecule has 3 rings (SSSR count). The Morgan fingerprint density at radius 1 is 1.26 bits per heavy atom. The number of benzene rings is 1. The lowest BCUT2D eigenvalue weighted by Crippen LogP contribution is -2.18. The van der Waals surface area contributed by atoms with Gasteiger partial charge in [0.15, 0.2) is 0 Å². The molecule has 2 aromatic heterocycles. The highest BCUT2D eigenvalue weighted by atomic mass is 32.1. The van der Waals surface area contributed by atoms with Crippen LogP contribution in [0.1, 0.15) is 22.6 Å². The first-order valence-corrected chi connectivity index (χ1v) is 7.16. The fourth-order valence-electron chi connectivity index (χ4n) is 2.15. The van der Waals surface area contributed by atoms with E-state index >= 15 is 0 Å². The standard InChI is InChI=1S/C15H16N2OS/c1-10-7-8-11(18-10)9-13(16-2)15-17-12-5-3-4-6-14(12)19-15/h3-8,13,16H,9H2,1-2H3. The zero-order chi connectivity index (χ0) is 13.2. The summed E-state index contributed by atoms with van der Waals surface area (Å²) in [7, 11) is 1.96. The number of rotatable bonds is 4. The number of aryl methyl sites for hydroxylation is 1. The zero-order valence-electron chi connectivity index (χ0n) is 11.0. The number of aromatic nitrogens is 1. The van der Waals surface area contributed by atoms with Gasteiger partial charge in [-0.3, -0.25) is 0 Å². The van der Waals surface area contributed by atoms with Crippen molar-refractivity contribution in [3.05, 3.63) is 52.9 Å². The SMILES string of the molecule is CNC(Cc1ccc(C)o1)c1nc2ccccc2s1. The molecule has 0 saturated carbocycles. The van der Waals surface area contributed by atoms with Gasteiger partial charge in [0.2, 0.25) is 0 Å². The fraction of sp³-hybridized carbons (Fsp3) is 0.267. The maximum atomic E-state index is 5.65. The van der Waals surface area contributed by atoms with E-state index in [1.165, 1.54) is 4.70 Å². The lowest BCUT2D eigenvalue weighted by Gasteiger charge is -2.11. The topological polar surface area (TPSA) is 38.1 Å². The van der Waals surface area contributed by atoms with E-state index in [9.17, 15) is 0 Å². The van der Waals surface area contributed by atoms with Gasteiger partial charge in [0.1, 0.15) is 16.5 Å². The van der Waals surface area contributed by atoms with E-state index in [2.05, 4.69) is 23.5 Å². The van der Waals surface area contributed by atoms with Crippen molar-refractivity contribution in [2.75, 3.05) is 7.05 Å². The first kappa shape index (κ1) is 12.4.